The van der Waals surface area contributed by atoms with Crippen molar-refractivity contribution in [2.45, 2.75) is 30.4 Å². The Balaban J connectivity index is 2.11. The van der Waals surface area contributed by atoms with Crippen molar-refractivity contribution >= 4 is 23.5 Å². The van der Waals surface area contributed by atoms with Gasteiger partial charge in [0.15, 0.2) is 0 Å². The summed E-state index contributed by atoms with van der Waals surface area (Å²) in [6, 6.07) is 4.41. The Hall–Kier alpha value is -0.0600. The van der Waals surface area contributed by atoms with E-state index in [2.05, 4.69) is 48.8 Å². The van der Waals surface area contributed by atoms with Crippen LogP contribution in [-0.2, 0) is 0 Å². The number of hydrogen-bond acceptors (Lipinski definition) is 4. The molecular weight excluding hydrogens is 238 g/mol. The summed E-state index contributed by atoms with van der Waals surface area (Å²) in [4.78, 5) is 0. The van der Waals surface area contributed by atoms with Gasteiger partial charge in [-0.15, -0.1) is 0 Å². The zero-order chi connectivity index (χ0) is 11.4. The van der Waals surface area contributed by atoms with Crippen LogP contribution < -0.4 is 5.32 Å². The molecule has 3 atom stereocenters. The van der Waals surface area contributed by atoms with Crippen molar-refractivity contribution in [1.82, 2.24) is 5.32 Å². The first-order valence-corrected chi connectivity index (χ1v) is 7.92. The molecule has 0 aromatic carbocycles. The van der Waals surface area contributed by atoms with Crippen LogP contribution in [0.1, 0.15) is 25.6 Å². The SMILES string of the molecule is CCNC(c1ccco1)C1SCCSC1C. The molecule has 0 radical (unpaired) electrons. The molecule has 2 nitrogen and oxygen atoms in total. The third-order valence-electron chi connectivity index (χ3n) is 2.84. The van der Waals surface area contributed by atoms with Gasteiger partial charge < -0.3 is 9.73 Å². The number of rotatable bonds is 4. The van der Waals surface area contributed by atoms with Crippen LogP contribution in [0.15, 0.2) is 22.8 Å². The van der Waals surface area contributed by atoms with Crippen LogP contribution in [0, 0.1) is 0 Å². The second kappa shape index (κ2) is 6.03. The van der Waals surface area contributed by atoms with Gasteiger partial charge in [0.1, 0.15) is 5.76 Å². The summed E-state index contributed by atoms with van der Waals surface area (Å²) < 4.78 is 5.56. The van der Waals surface area contributed by atoms with Crippen molar-refractivity contribution in [1.29, 1.82) is 0 Å². The minimum Gasteiger partial charge on any atom is -0.468 e. The van der Waals surface area contributed by atoms with Gasteiger partial charge in [-0.05, 0) is 18.7 Å². The van der Waals surface area contributed by atoms with Crippen molar-refractivity contribution in [3.63, 3.8) is 0 Å². The summed E-state index contributed by atoms with van der Waals surface area (Å²) in [5.41, 5.74) is 0. The molecule has 3 unspecified atom stereocenters. The predicted octanol–water partition coefficient (Wildman–Crippen LogP) is 3.17. The minimum atomic E-state index is 0.354. The van der Waals surface area contributed by atoms with E-state index < -0.39 is 0 Å². The molecule has 1 aromatic heterocycles. The lowest BCUT2D eigenvalue weighted by Gasteiger charge is -2.33. The van der Waals surface area contributed by atoms with Gasteiger partial charge in [-0.3, -0.25) is 0 Å². The van der Waals surface area contributed by atoms with Crippen molar-refractivity contribution in [3.05, 3.63) is 24.2 Å². The van der Waals surface area contributed by atoms with Crippen molar-refractivity contribution < 1.29 is 4.42 Å². The lowest BCUT2D eigenvalue weighted by atomic mass is 10.1. The zero-order valence-electron chi connectivity index (χ0n) is 9.81. The zero-order valence-corrected chi connectivity index (χ0v) is 11.4. The lowest BCUT2D eigenvalue weighted by Crippen LogP contribution is -2.37. The van der Waals surface area contributed by atoms with Crippen LogP contribution in [0.3, 0.4) is 0 Å². The smallest absolute Gasteiger partial charge is 0.121 e. The van der Waals surface area contributed by atoms with E-state index in [1.807, 2.05) is 6.07 Å². The first-order valence-electron chi connectivity index (χ1n) is 5.83. The lowest BCUT2D eigenvalue weighted by molar-refractivity contribution is 0.407. The molecule has 1 aliphatic rings. The molecule has 0 aliphatic carbocycles. The van der Waals surface area contributed by atoms with E-state index >= 15 is 0 Å². The fourth-order valence-corrected chi connectivity index (χ4v) is 5.01. The highest BCUT2D eigenvalue weighted by atomic mass is 32.2. The Kier molecular flexibility index (Phi) is 4.67. The first kappa shape index (κ1) is 12.4. The third-order valence-corrected chi connectivity index (χ3v) is 6.03. The van der Waals surface area contributed by atoms with Gasteiger partial charge in [0.25, 0.3) is 0 Å². The molecule has 1 aliphatic heterocycles. The molecule has 1 saturated heterocycles. The Morgan fingerprint density at radius 3 is 2.94 bits per heavy atom. The molecule has 1 N–H and O–H groups in total. The van der Waals surface area contributed by atoms with E-state index in [9.17, 15) is 0 Å². The maximum absolute atomic E-state index is 5.56. The summed E-state index contributed by atoms with van der Waals surface area (Å²) in [7, 11) is 0. The molecule has 90 valence electrons. The minimum absolute atomic E-state index is 0.354. The van der Waals surface area contributed by atoms with Crippen LogP contribution in [0.5, 0.6) is 0 Å². The van der Waals surface area contributed by atoms with E-state index in [0.29, 0.717) is 16.5 Å². The predicted molar refractivity (Wildman–Crippen MR) is 73.3 cm³/mol. The highest BCUT2D eigenvalue weighted by Gasteiger charge is 2.32. The summed E-state index contributed by atoms with van der Waals surface area (Å²) in [5, 5.41) is 4.86. The van der Waals surface area contributed by atoms with E-state index in [-0.39, 0.29) is 0 Å². The second-order valence-corrected chi connectivity index (χ2v) is 6.73. The van der Waals surface area contributed by atoms with Gasteiger partial charge in [-0.1, -0.05) is 13.8 Å². The molecule has 0 spiro atoms. The molecule has 16 heavy (non-hydrogen) atoms. The topological polar surface area (TPSA) is 25.2 Å². The Morgan fingerprint density at radius 2 is 2.31 bits per heavy atom. The number of furan rings is 1. The maximum Gasteiger partial charge on any atom is 0.121 e. The summed E-state index contributed by atoms with van der Waals surface area (Å²) >= 11 is 4.15. The van der Waals surface area contributed by atoms with Crippen molar-refractivity contribution in [2.24, 2.45) is 0 Å². The van der Waals surface area contributed by atoms with Crippen molar-refractivity contribution in [3.8, 4) is 0 Å². The fourth-order valence-electron chi connectivity index (χ4n) is 2.08. The molecule has 0 amide bonds. The molecular formula is C12H19NOS2. The first-order chi connectivity index (χ1) is 7.83. The molecule has 1 aromatic rings. The largest absolute Gasteiger partial charge is 0.468 e. The normalized spacial score (nSPS) is 27.9. The molecule has 0 bridgehead atoms. The highest BCUT2D eigenvalue weighted by Crippen LogP contribution is 2.38. The fraction of sp³-hybridized carbons (Fsp3) is 0.667. The number of hydrogen-bond donors (Lipinski definition) is 1. The van der Waals surface area contributed by atoms with Crippen LogP contribution in [0.2, 0.25) is 0 Å². The van der Waals surface area contributed by atoms with E-state index in [1.54, 1.807) is 6.26 Å². The van der Waals surface area contributed by atoms with E-state index in [4.69, 9.17) is 4.42 Å². The standard InChI is InChI=1S/C12H19NOS2/c1-3-13-11(10-5-4-6-14-10)12-9(2)15-7-8-16-12/h4-6,9,11-13H,3,7-8H2,1-2H3. The van der Waals surface area contributed by atoms with Crippen molar-refractivity contribution in [2.75, 3.05) is 18.1 Å². The molecule has 1 fully saturated rings. The number of thioether (sulfide) groups is 2. The Bertz CT molecular complexity index is 302. The summed E-state index contributed by atoms with van der Waals surface area (Å²) in [6.45, 7) is 5.47. The van der Waals surface area contributed by atoms with Crippen LogP contribution in [-0.4, -0.2) is 28.6 Å². The van der Waals surface area contributed by atoms with Gasteiger partial charge in [-0.2, -0.15) is 23.5 Å². The molecule has 0 saturated carbocycles. The van der Waals surface area contributed by atoms with Crippen LogP contribution >= 0.6 is 23.5 Å². The third kappa shape index (κ3) is 2.79. The monoisotopic (exact) mass is 257 g/mol. The highest BCUT2D eigenvalue weighted by molar-refractivity contribution is 8.07. The molecule has 2 rings (SSSR count). The van der Waals surface area contributed by atoms with Gasteiger partial charge in [0.2, 0.25) is 0 Å². The van der Waals surface area contributed by atoms with Gasteiger partial charge in [0, 0.05) is 22.0 Å². The van der Waals surface area contributed by atoms with Gasteiger partial charge in [0.05, 0.1) is 12.3 Å². The molecule has 2 heterocycles. The van der Waals surface area contributed by atoms with E-state index in [1.165, 1.54) is 11.5 Å². The summed E-state index contributed by atoms with van der Waals surface area (Å²) in [6.07, 6.45) is 1.77. The van der Waals surface area contributed by atoms with Gasteiger partial charge >= 0.3 is 0 Å². The van der Waals surface area contributed by atoms with E-state index in [0.717, 1.165) is 12.3 Å². The Morgan fingerprint density at radius 1 is 1.50 bits per heavy atom. The molecule has 4 heteroatoms. The summed E-state index contributed by atoms with van der Waals surface area (Å²) in [5.74, 6) is 3.61. The number of nitrogens with one attached hydrogen (secondary N) is 1. The van der Waals surface area contributed by atoms with Crippen LogP contribution in [0.4, 0.5) is 0 Å². The van der Waals surface area contributed by atoms with Crippen LogP contribution in [0.25, 0.3) is 0 Å². The average molecular weight is 257 g/mol. The maximum atomic E-state index is 5.56. The quantitative estimate of drug-likeness (QED) is 0.895. The Labute approximate surface area is 106 Å². The second-order valence-electron chi connectivity index (χ2n) is 3.96. The van der Waals surface area contributed by atoms with Gasteiger partial charge in [-0.25, -0.2) is 0 Å². The average Bonchev–Trinajstić information content (AvgIpc) is 2.80.